The Labute approximate surface area is 186 Å². The van der Waals surface area contributed by atoms with Crippen molar-refractivity contribution >= 4 is 33.2 Å². The van der Waals surface area contributed by atoms with E-state index in [0.717, 1.165) is 31.9 Å². The van der Waals surface area contributed by atoms with Gasteiger partial charge in [-0.25, -0.2) is 4.98 Å². The Morgan fingerprint density at radius 2 is 2.00 bits per heavy atom. The summed E-state index contributed by atoms with van der Waals surface area (Å²) in [5, 5.41) is 13.1. The topological polar surface area (TPSA) is 62.2 Å². The molecule has 0 aliphatic carbocycles. The molecule has 0 spiro atoms. The summed E-state index contributed by atoms with van der Waals surface area (Å²) in [5.41, 5.74) is 3.12. The molecule has 4 nitrogen and oxygen atoms in total. The van der Waals surface area contributed by atoms with Crippen molar-refractivity contribution in [3.8, 4) is 5.75 Å². The quantitative estimate of drug-likeness (QED) is 0.531. The molecule has 1 aromatic heterocycles. The molecule has 2 aromatic carbocycles. The van der Waals surface area contributed by atoms with E-state index in [1.165, 1.54) is 16.7 Å². The Morgan fingerprint density at radius 1 is 1.23 bits per heavy atom. The van der Waals surface area contributed by atoms with E-state index in [2.05, 4.69) is 20.9 Å². The standard InChI is InChI=1S/C19H16BrNO3S.Na/c1-12-6-7-17(24-10-13-4-2-3-5-15(13)20)14(8-12)9-18-21-16(11-25-18)19(22)23;/h2-8,11H,9-10H2,1H3,(H,22,23);/q;+1/p-1. The summed E-state index contributed by atoms with van der Waals surface area (Å²) < 4.78 is 7.01. The molecular formula is C19H15BrNNaO3S. The molecule has 0 N–H and O–H groups in total. The van der Waals surface area contributed by atoms with Crippen LogP contribution in [0, 0.1) is 6.92 Å². The van der Waals surface area contributed by atoms with Gasteiger partial charge in [0.2, 0.25) is 0 Å². The number of ether oxygens (including phenoxy) is 1. The number of aryl methyl sites for hydroxylation is 1. The zero-order chi connectivity index (χ0) is 17.8. The van der Waals surface area contributed by atoms with E-state index in [4.69, 9.17) is 4.74 Å². The van der Waals surface area contributed by atoms with Crippen molar-refractivity contribution in [2.45, 2.75) is 20.0 Å². The van der Waals surface area contributed by atoms with Crippen LogP contribution in [-0.4, -0.2) is 11.0 Å². The first-order valence-electron chi connectivity index (χ1n) is 7.64. The van der Waals surface area contributed by atoms with Gasteiger partial charge in [-0.1, -0.05) is 51.8 Å². The van der Waals surface area contributed by atoms with Crippen LogP contribution in [0.5, 0.6) is 5.75 Å². The van der Waals surface area contributed by atoms with Crippen molar-refractivity contribution in [3.63, 3.8) is 0 Å². The number of hydrogen-bond acceptors (Lipinski definition) is 5. The fourth-order valence-electron chi connectivity index (χ4n) is 2.41. The molecule has 0 aliphatic rings. The zero-order valence-corrected chi connectivity index (χ0v) is 18.9. The van der Waals surface area contributed by atoms with Crippen molar-refractivity contribution in [1.82, 2.24) is 4.98 Å². The molecule has 0 saturated carbocycles. The number of aromatic carboxylic acids is 1. The third kappa shape index (κ3) is 5.41. The molecule has 0 radical (unpaired) electrons. The summed E-state index contributed by atoms with van der Waals surface area (Å²) in [7, 11) is 0. The predicted octanol–water partition coefficient (Wildman–Crippen LogP) is 0.751. The normalized spacial score (nSPS) is 10.2. The molecular weight excluding hydrogens is 425 g/mol. The Kier molecular flexibility index (Phi) is 7.85. The number of nitrogens with zero attached hydrogens (tertiary/aromatic N) is 1. The molecule has 3 rings (SSSR count). The summed E-state index contributed by atoms with van der Waals surface area (Å²) in [6.45, 7) is 2.45. The molecule has 0 saturated heterocycles. The van der Waals surface area contributed by atoms with Crippen LogP contribution in [0.15, 0.2) is 52.3 Å². The Bertz CT molecular complexity index is 913. The van der Waals surface area contributed by atoms with Crippen molar-refractivity contribution in [1.29, 1.82) is 0 Å². The van der Waals surface area contributed by atoms with Crippen LogP contribution in [0.25, 0.3) is 0 Å². The van der Waals surface area contributed by atoms with E-state index >= 15 is 0 Å². The fourth-order valence-corrected chi connectivity index (χ4v) is 3.59. The zero-order valence-electron chi connectivity index (χ0n) is 14.5. The summed E-state index contributed by atoms with van der Waals surface area (Å²) in [5.74, 6) is -0.483. The largest absolute Gasteiger partial charge is 1.00 e. The molecule has 128 valence electrons. The summed E-state index contributed by atoms with van der Waals surface area (Å²) >= 11 is 4.83. The second kappa shape index (κ2) is 9.67. The SMILES string of the molecule is Cc1ccc(OCc2ccccc2Br)c(Cc2nc(C(=O)[O-])cs2)c1.[Na+]. The van der Waals surface area contributed by atoms with Gasteiger partial charge in [0.25, 0.3) is 0 Å². The summed E-state index contributed by atoms with van der Waals surface area (Å²) in [6.07, 6.45) is 0.519. The number of aromatic nitrogens is 1. The first kappa shape index (κ1) is 21.1. The molecule has 7 heteroatoms. The van der Waals surface area contributed by atoms with Gasteiger partial charge in [0.1, 0.15) is 12.4 Å². The van der Waals surface area contributed by atoms with Gasteiger partial charge in [0.15, 0.2) is 0 Å². The molecule has 3 aromatic rings. The summed E-state index contributed by atoms with van der Waals surface area (Å²) in [6, 6.07) is 13.9. The van der Waals surface area contributed by atoms with Gasteiger partial charge < -0.3 is 14.6 Å². The van der Waals surface area contributed by atoms with Crippen LogP contribution in [0.4, 0.5) is 0 Å². The van der Waals surface area contributed by atoms with Crippen LogP contribution >= 0.6 is 27.3 Å². The minimum Gasteiger partial charge on any atom is -0.543 e. The molecule has 0 amide bonds. The van der Waals surface area contributed by atoms with Crippen molar-refractivity contribution < 1.29 is 44.2 Å². The maximum Gasteiger partial charge on any atom is 1.00 e. The van der Waals surface area contributed by atoms with Crippen molar-refractivity contribution in [2.75, 3.05) is 0 Å². The third-order valence-corrected chi connectivity index (χ3v) is 5.28. The number of rotatable bonds is 6. The van der Waals surface area contributed by atoms with E-state index in [-0.39, 0.29) is 35.3 Å². The average molecular weight is 440 g/mol. The number of carbonyl (C=O) groups is 1. The Hall–Kier alpha value is -1.18. The molecule has 1 heterocycles. The van der Waals surface area contributed by atoms with E-state index < -0.39 is 5.97 Å². The van der Waals surface area contributed by atoms with Gasteiger partial charge in [-0.3, -0.25) is 0 Å². The van der Waals surface area contributed by atoms with Gasteiger partial charge in [0, 0.05) is 27.4 Å². The van der Waals surface area contributed by atoms with E-state index in [1.807, 2.05) is 49.4 Å². The second-order valence-corrected chi connectivity index (χ2v) is 7.38. The van der Waals surface area contributed by atoms with Crippen LogP contribution in [-0.2, 0) is 13.0 Å². The molecule has 0 atom stereocenters. The minimum absolute atomic E-state index is 0. The minimum atomic E-state index is -1.25. The third-order valence-electron chi connectivity index (χ3n) is 3.66. The number of benzene rings is 2. The van der Waals surface area contributed by atoms with Crippen LogP contribution < -0.4 is 39.4 Å². The molecule has 0 fully saturated rings. The maximum absolute atomic E-state index is 10.9. The molecule has 0 bridgehead atoms. The fraction of sp³-hybridized carbons (Fsp3) is 0.158. The van der Waals surface area contributed by atoms with Crippen LogP contribution in [0.3, 0.4) is 0 Å². The van der Waals surface area contributed by atoms with Gasteiger partial charge in [-0.05, 0) is 19.1 Å². The number of thiazole rings is 1. The molecule has 26 heavy (non-hydrogen) atoms. The monoisotopic (exact) mass is 439 g/mol. The van der Waals surface area contributed by atoms with Crippen molar-refractivity contribution in [2.24, 2.45) is 0 Å². The average Bonchev–Trinajstić information content (AvgIpc) is 3.04. The van der Waals surface area contributed by atoms with Gasteiger partial charge in [-0.15, -0.1) is 11.3 Å². The van der Waals surface area contributed by atoms with Crippen LogP contribution in [0.1, 0.15) is 32.2 Å². The van der Waals surface area contributed by atoms with E-state index in [1.54, 1.807) is 0 Å². The number of halogens is 1. The number of carboxylic acids is 1. The van der Waals surface area contributed by atoms with E-state index in [0.29, 0.717) is 13.0 Å². The van der Waals surface area contributed by atoms with Gasteiger partial charge in [0.05, 0.1) is 16.7 Å². The maximum atomic E-state index is 10.9. The first-order chi connectivity index (χ1) is 12.0. The first-order valence-corrected chi connectivity index (χ1v) is 9.31. The van der Waals surface area contributed by atoms with Gasteiger partial charge in [-0.2, -0.15) is 0 Å². The van der Waals surface area contributed by atoms with Crippen molar-refractivity contribution in [3.05, 3.63) is 79.7 Å². The number of hydrogen-bond donors (Lipinski definition) is 0. The number of carboxylic acid groups (broad SMARTS) is 1. The smallest absolute Gasteiger partial charge is 0.543 e. The second-order valence-electron chi connectivity index (χ2n) is 5.58. The Morgan fingerprint density at radius 3 is 2.69 bits per heavy atom. The molecule has 0 aliphatic heterocycles. The summed E-state index contributed by atoms with van der Waals surface area (Å²) in [4.78, 5) is 15.0. The number of carbonyl (C=O) groups excluding carboxylic acids is 1. The Balaban J connectivity index is 0.00000243. The molecule has 0 unspecified atom stereocenters. The van der Waals surface area contributed by atoms with Crippen LogP contribution in [0.2, 0.25) is 0 Å². The predicted molar refractivity (Wildman–Crippen MR) is 98.9 cm³/mol. The van der Waals surface area contributed by atoms with Gasteiger partial charge >= 0.3 is 29.6 Å². The van der Waals surface area contributed by atoms with E-state index in [9.17, 15) is 9.90 Å².